The Labute approximate surface area is 155 Å². The van der Waals surface area contributed by atoms with E-state index in [0.717, 1.165) is 10.4 Å². The smallest absolute Gasteiger partial charge is 0.332 e. The fraction of sp³-hybridized carbons (Fsp3) is 0.588. The third-order valence-electron chi connectivity index (χ3n) is 4.66. The minimum Gasteiger partial charge on any atom is -0.383 e. The van der Waals surface area contributed by atoms with Crippen molar-refractivity contribution < 1.29 is 9.53 Å². The lowest BCUT2D eigenvalue weighted by molar-refractivity contribution is 0.186. The molecule has 1 saturated heterocycles. The van der Waals surface area contributed by atoms with E-state index in [9.17, 15) is 14.4 Å². The molecule has 1 aliphatic heterocycles. The fourth-order valence-corrected chi connectivity index (χ4v) is 4.56. The van der Waals surface area contributed by atoms with E-state index in [0.29, 0.717) is 43.0 Å². The molecule has 142 valence electrons. The zero-order valence-electron chi connectivity index (χ0n) is 15.5. The zero-order valence-corrected chi connectivity index (χ0v) is 16.3. The average Bonchev–Trinajstić information content (AvgIpc) is 3.12. The quantitative estimate of drug-likeness (QED) is 0.818. The van der Waals surface area contributed by atoms with Crippen LogP contribution in [0.3, 0.4) is 0 Å². The minimum absolute atomic E-state index is 0.0989. The van der Waals surface area contributed by atoms with E-state index in [4.69, 9.17) is 4.74 Å². The van der Waals surface area contributed by atoms with Crippen molar-refractivity contribution in [1.82, 2.24) is 19.4 Å². The maximum absolute atomic E-state index is 13.0. The van der Waals surface area contributed by atoms with E-state index in [1.807, 2.05) is 20.8 Å². The molecule has 3 rings (SSSR count). The number of hydrogen-bond donors (Lipinski definition) is 1. The standard InChI is InChI=1S/C17H24N4O4S/c1-10(2)21-14(22)13-11(3)12(9-19-6-5-18-16(19)23)26-15(13)20(17(21)24)7-8-25-4/h10H,5-9H2,1-4H3,(H,18,23). The highest BCUT2D eigenvalue weighted by Gasteiger charge is 2.25. The summed E-state index contributed by atoms with van der Waals surface area (Å²) >= 11 is 1.41. The third-order valence-corrected chi connectivity index (χ3v) is 5.96. The number of carbonyl (C=O) groups is 1. The van der Waals surface area contributed by atoms with Gasteiger partial charge in [-0.25, -0.2) is 9.59 Å². The van der Waals surface area contributed by atoms with Crippen molar-refractivity contribution in [1.29, 1.82) is 0 Å². The first-order valence-corrected chi connectivity index (χ1v) is 9.47. The largest absolute Gasteiger partial charge is 0.383 e. The fourth-order valence-electron chi connectivity index (χ4n) is 3.23. The van der Waals surface area contributed by atoms with Crippen LogP contribution >= 0.6 is 11.3 Å². The number of methoxy groups -OCH3 is 1. The van der Waals surface area contributed by atoms with Crippen LogP contribution in [0.1, 0.15) is 30.3 Å². The molecule has 2 aromatic heterocycles. The molecule has 1 aliphatic rings. The number of urea groups is 1. The van der Waals surface area contributed by atoms with Crippen molar-refractivity contribution in [2.75, 3.05) is 26.8 Å². The number of nitrogens with one attached hydrogen (secondary N) is 1. The molecule has 0 unspecified atom stereocenters. The predicted octanol–water partition coefficient (Wildman–Crippen LogP) is 1.29. The van der Waals surface area contributed by atoms with E-state index in [1.54, 1.807) is 16.6 Å². The molecule has 0 atom stereocenters. The van der Waals surface area contributed by atoms with E-state index in [2.05, 4.69) is 5.32 Å². The normalized spacial score (nSPS) is 14.7. The molecule has 9 heteroatoms. The highest BCUT2D eigenvalue weighted by Crippen LogP contribution is 2.29. The summed E-state index contributed by atoms with van der Waals surface area (Å²) in [4.78, 5) is 41.0. The minimum atomic E-state index is -0.318. The Hall–Kier alpha value is -2.13. The van der Waals surface area contributed by atoms with Gasteiger partial charge in [0, 0.05) is 31.1 Å². The van der Waals surface area contributed by atoms with Gasteiger partial charge in [0.1, 0.15) is 4.83 Å². The Bertz CT molecular complexity index is 956. The Morgan fingerprint density at radius 1 is 1.27 bits per heavy atom. The summed E-state index contributed by atoms with van der Waals surface area (Å²) in [7, 11) is 1.58. The van der Waals surface area contributed by atoms with Crippen LogP contribution in [0.15, 0.2) is 9.59 Å². The Morgan fingerprint density at radius 3 is 2.58 bits per heavy atom. The molecule has 26 heavy (non-hydrogen) atoms. The third kappa shape index (κ3) is 3.05. The molecule has 0 bridgehead atoms. The molecule has 0 radical (unpaired) electrons. The maximum Gasteiger partial charge on any atom is 0.332 e. The summed E-state index contributed by atoms with van der Waals surface area (Å²) in [6.45, 7) is 8.00. The molecule has 0 aliphatic carbocycles. The molecule has 3 heterocycles. The van der Waals surface area contributed by atoms with Gasteiger partial charge in [-0.3, -0.25) is 13.9 Å². The lowest BCUT2D eigenvalue weighted by Crippen LogP contribution is -2.41. The second-order valence-electron chi connectivity index (χ2n) is 6.68. The Morgan fingerprint density at radius 2 is 2.00 bits per heavy atom. The van der Waals surface area contributed by atoms with E-state index >= 15 is 0 Å². The van der Waals surface area contributed by atoms with Crippen LogP contribution in [0.4, 0.5) is 4.79 Å². The Balaban J connectivity index is 2.20. The first kappa shape index (κ1) is 18.7. The lowest BCUT2D eigenvalue weighted by Gasteiger charge is -2.14. The van der Waals surface area contributed by atoms with Gasteiger partial charge in [0.25, 0.3) is 5.56 Å². The van der Waals surface area contributed by atoms with Crippen molar-refractivity contribution in [3.63, 3.8) is 0 Å². The SMILES string of the molecule is COCCn1c(=O)n(C(C)C)c(=O)c2c(C)c(CN3CCNC3=O)sc21. The van der Waals surface area contributed by atoms with Crippen molar-refractivity contribution in [2.45, 2.75) is 39.9 Å². The molecule has 0 saturated carbocycles. The first-order valence-electron chi connectivity index (χ1n) is 8.65. The van der Waals surface area contributed by atoms with Crippen LogP contribution in [-0.2, 0) is 17.8 Å². The summed E-state index contributed by atoms with van der Waals surface area (Å²) in [5.74, 6) is 0. The first-order chi connectivity index (χ1) is 12.4. The van der Waals surface area contributed by atoms with Gasteiger partial charge >= 0.3 is 11.7 Å². The zero-order chi connectivity index (χ0) is 19.0. The molecule has 8 nitrogen and oxygen atoms in total. The second kappa shape index (κ2) is 7.24. The molecular weight excluding hydrogens is 356 g/mol. The number of thiophene rings is 1. The average molecular weight is 380 g/mol. The topological polar surface area (TPSA) is 85.6 Å². The maximum atomic E-state index is 13.0. The van der Waals surface area contributed by atoms with Gasteiger partial charge in [0.15, 0.2) is 0 Å². The highest BCUT2D eigenvalue weighted by molar-refractivity contribution is 7.18. The summed E-state index contributed by atoms with van der Waals surface area (Å²) in [6, 6.07) is -0.335. The number of fused-ring (bicyclic) bond motifs is 1. The van der Waals surface area contributed by atoms with E-state index < -0.39 is 0 Å². The number of carbonyl (C=O) groups excluding carboxylic acids is 1. The second-order valence-corrected chi connectivity index (χ2v) is 7.76. The number of amides is 2. The van der Waals surface area contributed by atoms with Crippen LogP contribution < -0.4 is 16.6 Å². The number of nitrogens with zero attached hydrogens (tertiary/aromatic N) is 3. The summed E-state index contributed by atoms with van der Waals surface area (Å²) in [6.07, 6.45) is 0. The number of aryl methyl sites for hydroxylation is 1. The van der Waals surface area contributed by atoms with Gasteiger partial charge in [-0.1, -0.05) is 0 Å². The van der Waals surface area contributed by atoms with Crippen LogP contribution in [0, 0.1) is 6.92 Å². The van der Waals surface area contributed by atoms with Gasteiger partial charge in [-0.15, -0.1) is 11.3 Å². The number of rotatable bonds is 6. The van der Waals surface area contributed by atoms with Crippen LogP contribution in [0.5, 0.6) is 0 Å². The van der Waals surface area contributed by atoms with Gasteiger partial charge in [-0.05, 0) is 26.3 Å². The van der Waals surface area contributed by atoms with Gasteiger partial charge in [0.2, 0.25) is 0 Å². The molecule has 1 fully saturated rings. The van der Waals surface area contributed by atoms with Crippen molar-refractivity contribution in [3.8, 4) is 0 Å². The summed E-state index contributed by atoms with van der Waals surface area (Å²) in [5, 5.41) is 3.34. The molecule has 2 aromatic rings. The van der Waals surface area contributed by atoms with Gasteiger partial charge < -0.3 is 15.0 Å². The van der Waals surface area contributed by atoms with Crippen molar-refractivity contribution in [2.24, 2.45) is 0 Å². The van der Waals surface area contributed by atoms with Gasteiger partial charge in [0.05, 0.1) is 25.1 Å². The molecular formula is C17H24N4O4S. The number of hydrogen-bond acceptors (Lipinski definition) is 5. The highest BCUT2D eigenvalue weighted by atomic mass is 32.1. The molecule has 0 aromatic carbocycles. The van der Waals surface area contributed by atoms with Crippen molar-refractivity contribution in [3.05, 3.63) is 31.3 Å². The monoisotopic (exact) mass is 380 g/mol. The lowest BCUT2D eigenvalue weighted by atomic mass is 10.2. The summed E-state index contributed by atoms with van der Waals surface area (Å²) in [5.41, 5.74) is 0.260. The van der Waals surface area contributed by atoms with Crippen LogP contribution in [0.25, 0.3) is 10.2 Å². The molecule has 2 amide bonds. The van der Waals surface area contributed by atoms with Crippen LogP contribution in [0.2, 0.25) is 0 Å². The number of ether oxygens (including phenoxy) is 1. The van der Waals surface area contributed by atoms with E-state index in [-0.39, 0.29) is 23.3 Å². The van der Waals surface area contributed by atoms with Crippen molar-refractivity contribution >= 4 is 27.6 Å². The number of aromatic nitrogens is 2. The molecule has 1 N–H and O–H groups in total. The van der Waals surface area contributed by atoms with Gasteiger partial charge in [-0.2, -0.15) is 0 Å². The summed E-state index contributed by atoms with van der Waals surface area (Å²) < 4.78 is 8.05. The molecule has 0 spiro atoms. The van der Waals surface area contributed by atoms with E-state index in [1.165, 1.54) is 15.9 Å². The Kier molecular flexibility index (Phi) is 5.19. The predicted molar refractivity (Wildman–Crippen MR) is 101 cm³/mol. The van der Waals surface area contributed by atoms with Crippen LogP contribution in [-0.4, -0.2) is 46.9 Å².